The van der Waals surface area contributed by atoms with Crippen molar-refractivity contribution in [1.29, 1.82) is 5.26 Å². The van der Waals surface area contributed by atoms with Gasteiger partial charge in [-0.05, 0) is 0 Å². The Morgan fingerprint density at radius 1 is 1.47 bits per heavy atom. The second-order valence-electron chi connectivity index (χ2n) is 3.32. The number of nitriles is 1. The van der Waals surface area contributed by atoms with E-state index in [4.69, 9.17) is 5.26 Å². The lowest BCUT2D eigenvalue weighted by Gasteiger charge is -2.03. The lowest BCUT2D eigenvalue weighted by molar-refractivity contribution is 0.561. The van der Waals surface area contributed by atoms with Gasteiger partial charge in [-0.2, -0.15) is 14.6 Å². The van der Waals surface area contributed by atoms with Crippen LogP contribution in [0, 0.1) is 23.1 Å². The first-order valence-corrected chi connectivity index (χ1v) is 4.61. The van der Waals surface area contributed by atoms with Crippen LogP contribution in [0.1, 0.15) is 5.56 Å². The van der Waals surface area contributed by atoms with Gasteiger partial charge in [-0.25, -0.2) is 9.37 Å². The second kappa shape index (κ2) is 4.17. The van der Waals surface area contributed by atoms with E-state index >= 15 is 0 Å². The number of hydrogen-bond donors (Lipinski definition) is 1. The summed E-state index contributed by atoms with van der Waals surface area (Å²) in [4.78, 5) is 7.21. The molecule has 2 aromatic heterocycles. The third kappa shape index (κ3) is 2.20. The number of rotatable bonds is 2. The number of aromatic nitrogens is 3. The van der Waals surface area contributed by atoms with Crippen molar-refractivity contribution in [2.24, 2.45) is 7.05 Å². The summed E-state index contributed by atoms with van der Waals surface area (Å²) in [5, 5.41) is 11.0. The molecule has 7 heteroatoms. The molecule has 2 rings (SSSR count). The Kier molecular flexibility index (Phi) is 2.70. The maximum absolute atomic E-state index is 13.4. The number of halogens is 2. The molecule has 0 aliphatic heterocycles. The summed E-state index contributed by atoms with van der Waals surface area (Å²) < 4.78 is 28.2. The van der Waals surface area contributed by atoms with E-state index in [9.17, 15) is 8.78 Å². The zero-order valence-corrected chi connectivity index (χ0v) is 8.78. The number of imidazole rings is 1. The van der Waals surface area contributed by atoms with Crippen LogP contribution in [-0.2, 0) is 7.05 Å². The highest BCUT2D eigenvalue weighted by atomic mass is 19.1. The van der Waals surface area contributed by atoms with Gasteiger partial charge in [-0.3, -0.25) is 0 Å². The Morgan fingerprint density at radius 3 is 2.82 bits per heavy atom. The van der Waals surface area contributed by atoms with E-state index in [1.54, 1.807) is 17.8 Å². The monoisotopic (exact) mass is 235 g/mol. The predicted octanol–water partition coefficient (Wildman–Crippen LogP) is 1.71. The van der Waals surface area contributed by atoms with Gasteiger partial charge in [0.2, 0.25) is 5.95 Å². The van der Waals surface area contributed by atoms with Gasteiger partial charge in [0.1, 0.15) is 17.5 Å². The number of anilines is 2. The average Bonchev–Trinajstić information content (AvgIpc) is 2.69. The molecule has 2 heterocycles. The van der Waals surface area contributed by atoms with Crippen LogP contribution in [-0.4, -0.2) is 14.5 Å². The molecule has 0 atom stereocenters. The van der Waals surface area contributed by atoms with Gasteiger partial charge >= 0.3 is 0 Å². The topological polar surface area (TPSA) is 66.5 Å². The van der Waals surface area contributed by atoms with Crippen LogP contribution >= 0.6 is 0 Å². The maximum atomic E-state index is 13.4. The fourth-order valence-electron chi connectivity index (χ4n) is 1.23. The Balaban J connectivity index is 2.34. The molecule has 1 N–H and O–H groups in total. The minimum Gasteiger partial charge on any atom is -0.338 e. The second-order valence-corrected chi connectivity index (χ2v) is 3.32. The van der Waals surface area contributed by atoms with Crippen LogP contribution < -0.4 is 5.32 Å². The highest BCUT2D eigenvalue weighted by molar-refractivity contribution is 5.52. The first kappa shape index (κ1) is 11.0. The molecular formula is C10H7F2N5. The largest absolute Gasteiger partial charge is 0.338 e. The van der Waals surface area contributed by atoms with Crippen molar-refractivity contribution in [2.45, 2.75) is 0 Å². The van der Waals surface area contributed by atoms with E-state index in [1.807, 2.05) is 0 Å². The molecule has 2 aromatic rings. The van der Waals surface area contributed by atoms with Crippen molar-refractivity contribution in [3.8, 4) is 6.07 Å². The maximum Gasteiger partial charge on any atom is 0.232 e. The summed E-state index contributed by atoms with van der Waals surface area (Å²) in [6.07, 6.45) is 3.08. The molecule has 0 radical (unpaired) electrons. The molecular weight excluding hydrogens is 228 g/mol. The van der Waals surface area contributed by atoms with Gasteiger partial charge in [0, 0.05) is 19.3 Å². The van der Waals surface area contributed by atoms with E-state index < -0.39 is 17.3 Å². The van der Waals surface area contributed by atoms with Gasteiger partial charge < -0.3 is 9.88 Å². The smallest absolute Gasteiger partial charge is 0.232 e. The SMILES string of the molecule is Cn1cnc(Nc2nc(F)c(C#N)cc2F)c1. The fraction of sp³-hybridized carbons (Fsp3) is 0.100. The number of nitrogens with zero attached hydrogens (tertiary/aromatic N) is 4. The van der Waals surface area contributed by atoms with Crippen LogP contribution in [0.4, 0.5) is 20.4 Å². The van der Waals surface area contributed by atoms with Crippen LogP contribution in [0.15, 0.2) is 18.6 Å². The lowest BCUT2D eigenvalue weighted by atomic mass is 10.3. The Hall–Kier alpha value is -2.49. The molecule has 17 heavy (non-hydrogen) atoms. The Bertz CT molecular complexity index is 599. The minimum absolute atomic E-state index is 0.305. The van der Waals surface area contributed by atoms with Crippen molar-refractivity contribution in [3.63, 3.8) is 0 Å². The molecule has 0 amide bonds. The van der Waals surface area contributed by atoms with E-state index in [2.05, 4.69) is 15.3 Å². The Labute approximate surface area is 95.4 Å². The molecule has 0 aromatic carbocycles. The van der Waals surface area contributed by atoms with E-state index in [0.717, 1.165) is 6.07 Å². The molecule has 0 unspecified atom stereocenters. The minimum atomic E-state index is -1.02. The van der Waals surface area contributed by atoms with Crippen LogP contribution in [0.25, 0.3) is 0 Å². The molecule has 0 saturated carbocycles. The molecule has 0 bridgehead atoms. The summed E-state index contributed by atoms with van der Waals surface area (Å²) in [5.74, 6) is -1.80. The predicted molar refractivity (Wildman–Crippen MR) is 55.4 cm³/mol. The highest BCUT2D eigenvalue weighted by Crippen LogP contribution is 2.18. The fourth-order valence-corrected chi connectivity index (χ4v) is 1.23. The zero-order chi connectivity index (χ0) is 12.4. The normalized spacial score (nSPS) is 10.0. The quantitative estimate of drug-likeness (QED) is 0.804. The van der Waals surface area contributed by atoms with E-state index in [-0.39, 0.29) is 5.82 Å². The number of pyridine rings is 1. The van der Waals surface area contributed by atoms with Gasteiger partial charge in [0.15, 0.2) is 11.6 Å². The van der Waals surface area contributed by atoms with Crippen molar-refractivity contribution >= 4 is 11.6 Å². The summed E-state index contributed by atoms with van der Waals surface area (Å²) in [5.41, 5.74) is -0.436. The standard InChI is InChI=1S/C10H7F2N5/c1-17-4-8(14-5-17)15-10-7(11)2-6(3-13)9(12)16-10/h2,4-5H,1H3,(H,15,16). The number of nitrogens with one attached hydrogen (secondary N) is 1. The van der Waals surface area contributed by atoms with Crippen molar-refractivity contribution in [2.75, 3.05) is 5.32 Å². The first-order chi connectivity index (χ1) is 8.10. The van der Waals surface area contributed by atoms with Gasteiger partial charge in [-0.1, -0.05) is 0 Å². The van der Waals surface area contributed by atoms with Crippen molar-refractivity contribution < 1.29 is 8.78 Å². The molecule has 0 spiro atoms. The van der Waals surface area contributed by atoms with Gasteiger partial charge in [-0.15, -0.1) is 0 Å². The molecule has 0 aliphatic rings. The van der Waals surface area contributed by atoms with Crippen LogP contribution in [0.5, 0.6) is 0 Å². The molecule has 0 fully saturated rings. The average molecular weight is 235 g/mol. The summed E-state index contributed by atoms with van der Waals surface area (Å²) in [6.45, 7) is 0. The van der Waals surface area contributed by atoms with Crippen LogP contribution in [0.3, 0.4) is 0 Å². The summed E-state index contributed by atoms with van der Waals surface area (Å²) in [6, 6.07) is 2.29. The van der Waals surface area contributed by atoms with E-state index in [0.29, 0.717) is 5.82 Å². The van der Waals surface area contributed by atoms with Crippen LogP contribution in [0.2, 0.25) is 0 Å². The number of aryl methyl sites for hydroxylation is 1. The molecule has 86 valence electrons. The first-order valence-electron chi connectivity index (χ1n) is 4.61. The van der Waals surface area contributed by atoms with Gasteiger partial charge in [0.25, 0.3) is 0 Å². The summed E-state index contributed by atoms with van der Waals surface area (Å²) >= 11 is 0. The summed E-state index contributed by atoms with van der Waals surface area (Å²) in [7, 11) is 1.74. The zero-order valence-electron chi connectivity index (χ0n) is 8.78. The number of hydrogen-bond acceptors (Lipinski definition) is 4. The highest BCUT2D eigenvalue weighted by Gasteiger charge is 2.12. The molecule has 5 nitrogen and oxygen atoms in total. The van der Waals surface area contributed by atoms with Gasteiger partial charge in [0.05, 0.1) is 6.33 Å². The molecule has 0 aliphatic carbocycles. The van der Waals surface area contributed by atoms with Crippen molar-refractivity contribution in [3.05, 3.63) is 35.9 Å². The molecule has 0 saturated heterocycles. The third-order valence-corrected chi connectivity index (χ3v) is 2.00. The van der Waals surface area contributed by atoms with E-state index in [1.165, 1.54) is 12.4 Å². The van der Waals surface area contributed by atoms with Crippen molar-refractivity contribution in [1.82, 2.24) is 14.5 Å². The lowest BCUT2D eigenvalue weighted by Crippen LogP contribution is -2.01. The third-order valence-electron chi connectivity index (χ3n) is 2.00. The Morgan fingerprint density at radius 2 is 2.24 bits per heavy atom.